The lowest BCUT2D eigenvalue weighted by molar-refractivity contribution is -0.143. The molecule has 0 N–H and O–H groups in total. The van der Waals surface area contributed by atoms with E-state index in [2.05, 4.69) is 0 Å². The van der Waals surface area contributed by atoms with Gasteiger partial charge in [-0.1, -0.05) is 18.2 Å². The fraction of sp³-hybridized carbons (Fsp3) is 0.222. The van der Waals surface area contributed by atoms with Crippen LogP contribution in [-0.2, 0) is 9.90 Å². The highest BCUT2D eigenvalue weighted by Crippen LogP contribution is 2.07. The molecule has 0 unspecified atom stereocenters. The van der Waals surface area contributed by atoms with Crippen molar-refractivity contribution >= 4 is 5.97 Å². The minimum Gasteiger partial charge on any atom is -0.493 e. The molecule has 1 aromatic rings. The predicted molar refractivity (Wildman–Crippen MR) is 42.2 cm³/mol. The van der Waals surface area contributed by atoms with Crippen molar-refractivity contribution in [2.75, 3.05) is 6.61 Å². The number of ether oxygens (including phenoxy) is 1. The van der Waals surface area contributed by atoms with E-state index in [1.54, 1.807) is 12.1 Å². The van der Waals surface area contributed by atoms with Crippen LogP contribution >= 0.6 is 0 Å². The third-order valence-electron chi connectivity index (χ3n) is 1.32. The van der Waals surface area contributed by atoms with Gasteiger partial charge in [0.05, 0.1) is 13.0 Å². The lowest BCUT2D eigenvalue weighted by Crippen LogP contribution is -2.03. The molecule has 63 valence electrons. The van der Waals surface area contributed by atoms with Gasteiger partial charge in [0.1, 0.15) is 5.75 Å². The second-order valence-electron chi connectivity index (χ2n) is 2.28. The third-order valence-corrected chi connectivity index (χ3v) is 1.32. The fourth-order valence-corrected chi connectivity index (χ4v) is 0.769. The maximum absolute atomic E-state index is 10.00. The van der Waals surface area contributed by atoms with E-state index in [4.69, 9.17) is 4.74 Å². The normalized spacial score (nSPS) is 9.33. The highest BCUT2D eigenvalue weighted by molar-refractivity contribution is 5.66. The second kappa shape index (κ2) is 4.38. The molecule has 0 aliphatic carbocycles. The Hall–Kier alpha value is -1.51. The number of hydrogen-bond donors (Lipinski definition) is 0. The molecule has 1 aromatic carbocycles. The maximum Gasteiger partial charge on any atom is 0.358 e. The van der Waals surface area contributed by atoms with Crippen LogP contribution in [0.3, 0.4) is 0 Å². The molecule has 0 saturated heterocycles. The first-order valence-corrected chi connectivity index (χ1v) is 3.67. The fourth-order valence-electron chi connectivity index (χ4n) is 0.769. The third kappa shape index (κ3) is 3.05. The number of hydrogen-bond acceptors (Lipinski definition) is 2. The number of carbonyl (C=O) groups is 1. The van der Waals surface area contributed by atoms with Gasteiger partial charge in [-0.05, 0) is 12.1 Å². The van der Waals surface area contributed by atoms with Crippen LogP contribution in [0.5, 0.6) is 5.75 Å². The SMILES string of the molecule is [O]C(=O)CCOc1ccccc1. The zero-order chi connectivity index (χ0) is 8.81. The number of rotatable bonds is 4. The summed E-state index contributed by atoms with van der Waals surface area (Å²) in [7, 11) is 0. The van der Waals surface area contributed by atoms with E-state index < -0.39 is 5.97 Å². The molecule has 0 saturated carbocycles. The molecule has 0 bridgehead atoms. The number of para-hydroxylation sites is 1. The molecular weight excluding hydrogens is 156 g/mol. The summed E-state index contributed by atoms with van der Waals surface area (Å²) in [4.78, 5) is 10.00. The topological polar surface area (TPSA) is 46.2 Å². The molecule has 0 fully saturated rings. The van der Waals surface area contributed by atoms with E-state index in [-0.39, 0.29) is 13.0 Å². The minimum absolute atomic E-state index is 0.0745. The number of benzene rings is 1. The molecule has 0 aromatic heterocycles. The number of carbonyl (C=O) groups excluding carboxylic acids is 1. The zero-order valence-electron chi connectivity index (χ0n) is 6.53. The summed E-state index contributed by atoms with van der Waals surface area (Å²) >= 11 is 0. The van der Waals surface area contributed by atoms with Crippen LogP contribution in [-0.4, -0.2) is 12.6 Å². The highest BCUT2D eigenvalue weighted by atomic mass is 16.5. The van der Waals surface area contributed by atoms with Crippen molar-refractivity contribution in [2.45, 2.75) is 6.42 Å². The van der Waals surface area contributed by atoms with Crippen LogP contribution in [0.2, 0.25) is 0 Å². The molecule has 0 aliphatic rings. The first kappa shape index (κ1) is 8.59. The van der Waals surface area contributed by atoms with Crippen LogP contribution in [0.4, 0.5) is 0 Å². The Kier molecular flexibility index (Phi) is 3.14. The van der Waals surface area contributed by atoms with Crippen LogP contribution in [0.1, 0.15) is 6.42 Å². The van der Waals surface area contributed by atoms with Crippen LogP contribution < -0.4 is 4.74 Å². The predicted octanol–water partition coefficient (Wildman–Crippen LogP) is 1.41. The summed E-state index contributed by atoms with van der Waals surface area (Å²) in [5.41, 5.74) is 0. The average Bonchev–Trinajstić information content (AvgIpc) is 2.05. The van der Waals surface area contributed by atoms with Gasteiger partial charge in [0.25, 0.3) is 0 Å². The zero-order valence-corrected chi connectivity index (χ0v) is 6.53. The van der Waals surface area contributed by atoms with Gasteiger partial charge in [-0.3, -0.25) is 0 Å². The molecular formula is C9H9O3. The van der Waals surface area contributed by atoms with Crippen molar-refractivity contribution in [1.29, 1.82) is 0 Å². The van der Waals surface area contributed by atoms with E-state index in [0.717, 1.165) is 0 Å². The summed E-state index contributed by atoms with van der Waals surface area (Å²) in [5.74, 6) is -0.412. The summed E-state index contributed by atoms with van der Waals surface area (Å²) < 4.78 is 5.10. The second-order valence-corrected chi connectivity index (χ2v) is 2.28. The Morgan fingerprint density at radius 1 is 1.25 bits per heavy atom. The maximum atomic E-state index is 10.00. The van der Waals surface area contributed by atoms with E-state index in [0.29, 0.717) is 5.75 Å². The van der Waals surface area contributed by atoms with Crippen molar-refractivity contribution in [3.05, 3.63) is 30.3 Å². The molecule has 0 atom stereocenters. The van der Waals surface area contributed by atoms with Crippen molar-refractivity contribution in [2.24, 2.45) is 0 Å². The molecule has 3 heteroatoms. The van der Waals surface area contributed by atoms with Gasteiger partial charge in [-0.25, -0.2) is 9.90 Å². The highest BCUT2D eigenvalue weighted by Gasteiger charge is 1.98. The van der Waals surface area contributed by atoms with E-state index >= 15 is 0 Å². The summed E-state index contributed by atoms with van der Waals surface area (Å²) in [6.07, 6.45) is -0.0745. The molecule has 3 nitrogen and oxygen atoms in total. The van der Waals surface area contributed by atoms with Crippen LogP contribution in [0.15, 0.2) is 30.3 Å². The van der Waals surface area contributed by atoms with Gasteiger partial charge in [0.2, 0.25) is 0 Å². The van der Waals surface area contributed by atoms with Gasteiger partial charge in [-0.15, -0.1) is 0 Å². The molecule has 0 spiro atoms. The first-order valence-electron chi connectivity index (χ1n) is 3.67. The smallest absolute Gasteiger partial charge is 0.358 e. The average molecular weight is 165 g/mol. The minimum atomic E-state index is -1.09. The largest absolute Gasteiger partial charge is 0.493 e. The van der Waals surface area contributed by atoms with Crippen LogP contribution in [0, 0.1) is 0 Å². The van der Waals surface area contributed by atoms with Crippen LogP contribution in [0.25, 0.3) is 0 Å². The van der Waals surface area contributed by atoms with Crippen molar-refractivity contribution in [3.8, 4) is 5.75 Å². The molecule has 1 radical (unpaired) electrons. The summed E-state index contributed by atoms with van der Waals surface area (Å²) in [6.45, 7) is 0.159. The van der Waals surface area contributed by atoms with Gasteiger partial charge in [0.15, 0.2) is 0 Å². The lowest BCUT2D eigenvalue weighted by Gasteiger charge is -2.01. The molecule has 0 aliphatic heterocycles. The van der Waals surface area contributed by atoms with E-state index in [1.165, 1.54) is 0 Å². The molecule has 0 amide bonds. The summed E-state index contributed by atoms with van der Waals surface area (Å²) in [6, 6.07) is 9.07. The summed E-state index contributed by atoms with van der Waals surface area (Å²) in [5, 5.41) is 10.00. The van der Waals surface area contributed by atoms with Gasteiger partial charge in [0, 0.05) is 0 Å². The lowest BCUT2D eigenvalue weighted by atomic mass is 10.3. The standard InChI is InChI=1S/C9H9O3/c10-9(11)6-7-12-8-4-2-1-3-5-8/h1-5H,6-7H2. The Morgan fingerprint density at radius 2 is 1.92 bits per heavy atom. The van der Waals surface area contributed by atoms with Crippen molar-refractivity contribution in [1.82, 2.24) is 0 Å². The van der Waals surface area contributed by atoms with Gasteiger partial charge in [-0.2, -0.15) is 0 Å². The van der Waals surface area contributed by atoms with Crippen molar-refractivity contribution in [3.63, 3.8) is 0 Å². The Labute approximate surface area is 70.6 Å². The Bertz CT molecular complexity index is 243. The molecule has 0 heterocycles. The molecule has 1 rings (SSSR count). The Balaban J connectivity index is 2.29. The Morgan fingerprint density at radius 3 is 2.50 bits per heavy atom. The quantitative estimate of drug-likeness (QED) is 0.677. The molecule has 12 heavy (non-hydrogen) atoms. The monoisotopic (exact) mass is 165 g/mol. The van der Waals surface area contributed by atoms with E-state index in [9.17, 15) is 9.90 Å². The van der Waals surface area contributed by atoms with Gasteiger partial charge >= 0.3 is 5.97 Å². The van der Waals surface area contributed by atoms with Gasteiger partial charge < -0.3 is 4.74 Å². The van der Waals surface area contributed by atoms with E-state index in [1.807, 2.05) is 18.2 Å². The van der Waals surface area contributed by atoms with Crippen molar-refractivity contribution < 1.29 is 14.6 Å². The first-order chi connectivity index (χ1) is 5.79.